The zero-order chi connectivity index (χ0) is 7.40. The van der Waals surface area contributed by atoms with E-state index >= 15 is 0 Å². The highest BCUT2D eigenvalue weighted by Crippen LogP contribution is 1.98. The van der Waals surface area contributed by atoms with Gasteiger partial charge in [-0.05, 0) is 5.56 Å². The number of hydrogen-bond acceptors (Lipinski definition) is 1. The zero-order valence-electron chi connectivity index (χ0n) is 6.37. The van der Waals surface area contributed by atoms with Gasteiger partial charge in [0.05, 0.1) is 7.95 Å². The van der Waals surface area contributed by atoms with Crippen LogP contribution in [0.3, 0.4) is 0 Å². The summed E-state index contributed by atoms with van der Waals surface area (Å²) in [4.78, 5) is 0. The molecule has 0 saturated heterocycles. The molecule has 0 N–H and O–H groups in total. The zero-order valence-corrected chi connectivity index (χ0v) is 5.37. The molecular formula is C8H10O. The largest absolute Gasteiger partial charge is 0.380 e. The molecule has 0 radical (unpaired) electrons. The summed E-state index contributed by atoms with van der Waals surface area (Å²) in [7, 11) is 1.53. The van der Waals surface area contributed by atoms with Gasteiger partial charge >= 0.3 is 0 Å². The van der Waals surface area contributed by atoms with Crippen LogP contribution in [0.5, 0.6) is 0 Å². The first kappa shape index (κ1) is 5.00. The molecule has 1 rings (SSSR count). The number of hydrogen-bond donors (Lipinski definition) is 0. The van der Waals surface area contributed by atoms with E-state index in [-0.39, 0.29) is 0 Å². The molecule has 1 aromatic rings. The summed E-state index contributed by atoms with van der Waals surface area (Å²) in [5.41, 5.74) is 0.894. The Kier molecular flexibility index (Phi) is 1.81. The molecule has 1 heteroatoms. The number of methoxy groups -OCH3 is 1. The van der Waals surface area contributed by atoms with Crippen molar-refractivity contribution in [2.24, 2.45) is 0 Å². The number of benzene rings is 1. The van der Waals surface area contributed by atoms with Crippen molar-refractivity contribution in [1.82, 2.24) is 0 Å². The second-order valence-electron chi connectivity index (χ2n) is 1.76. The number of rotatable bonds is 2. The topological polar surface area (TPSA) is 9.23 Å². The number of ether oxygens (including phenoxy) is 1. The first-order valence-corrected chi connectivity index (χ1v) is 2.84. The van der Waals surface area contributed by atoms with Gasteiger partial charge in [0.1, 0.15) is 0 Å². The Morgan fingerprint density at radius 3 is 2.67 bits per heavy atom. The molecule has 1 atom stereocenters. The van der Waals surface area contributed by atoms with Crippen LogP contribution in [0.1, 0.15) is 6.93 Å². The second kappa shape index (κ2) is 3.25. The third-order valence-corrected chi connectivity index (χ3v) is 1.05. The maximum atomic E-state index is 7.34. The average Bonchev–Trinajstić information content (AvgIpc) is 2.05. The molecule has 0 aliphatic rings. The minimum Gasteiger partial charge on any atom is -0.380 e. The summed E-state index contributed by atoms with van der Waals surface area (Å²) in [6, 6.07) is 9.47. The van der Waals surface area contributed by atoms with E-state index in [4.69, 9.17) is 6.11 Å². The van der Waals surface area contributed by atoms with Crippen molar-refractivity contribution in [1.29, 1.82) is 0 Å². The summed E-state index contributed by atoms with van der Waals surface area (Å²) >= 11 is 0. The van der Waals surface area contributed by atoms with Crippen molar-refractivity contribution in [3.8, 4) is 0 Å². The monoisotopic (exact) mass is 123 g/mol. The molecule has 0 heterocycles. The van der Waals surface area contributed by atoms with E-state index in [1.54, 1.807) is 0 Å². The Labute approximate surface area is 56.7 Å². The van der Waals surface area contributed by atoms with Crippen molar-refractivity contribution in [2.45, 2.75) is 6.58 Å². The van der Waals surface area contributed by atoms with E-state index in [0.717, 1.165) is 5.56 Å². The summed E-state index contributed by atoms with van der Waals surface area (Å²) in [5, 5.41) is 0. The fraction of sp³-hybridized carbons (Fsp3) is 0.250. The van der Waals surface area contributed by atoms with Gasteiger partial charge in [0.2, 0.25) is 0 Å². The van der Waals surface area contributed by atoms with Crippen molar-refractivity contribution in [3.63, 3.8) is 0 Å². The molecule has 1 nitrogen and oxygen atoms in total. The molecule has 0 spiro atoms. The lowest BCUT2D eigenvalue weighted by molar-refractivity contribution is 0.185. The smallest absolute Gasteiger partial charge is 0.0713 e. The van der Waals surface area contributed by atoms with Gasteiger partial charge < -0.3 is 4.74 Å². The highest BCUT2D eigenvalue weighted by molar-refractivity contribution is 5.13. The first-order valence-electron chi connectivity index (χ1n) is 3.42. The van der Waals surface area contributed by atoms with Gasteiger partial charge in [-0.2, -0.15) is 0 Å². The Morgan fingerprint density at radius 2 is 2.11 bits per heavy atom. The predicted octanol–water partition coefficient (Wildman–Crippen LogP) is 1.83. The molecule has 48 valence electrons. The molecule has 0 amide bonds. The Balaban J connectivity index is 2.75. The normalized spacial score (nSPS) is 14.6. The lowest BCUT2D eigenvalue weighted by Gasteiger charge is -1.95. The summed E-state index contributed by atoms with van der Waals surface area (Å²) in [6.07, 6.45) is 0. The van der Waals surface area contributed by atoms with Gasteiger partial charge in [0.25, 0.3) is 0 Å². The second-order valence-corrected chi connectivity index (χ2v) is 1.76. The summed E-state index contributed by atoms with van der Waals surface area (Å²) in [6.45, 7) is -0.541. The van der Waals surface area contributed by atoms with E-state index in [9.17, 15) is 0 Å². The van der Waals surface area contributed by atoms with Crippen LogP contribution < -0.4 is 0 Å². The summed E-state index contributed by atoms with van der Waals surface area (Å²) < 4.78 is 12.1. The first-order chi connectivity index (χ1) is 4.84. The van der Waals surface area contributed by atoms with Crippen LogP contribution in [0.4, 0.5) is 0 Å². The van der Waals surface area contributed by atoms with Crippen LogP contribution in [0.2, 0.25) is 0 Å². The maximum absolute atomic E-state index is 7.34. The molecule has 0 bridgehead atoms. The van der Waals surface area contributed by atoms with E-state index in [2.05, 4.69) is 0 Å². The SMILES string of the molecule is [2H][C@@H](OC)c1ccccc1. The lowest BCUT2D eigenvalue weighted by Crippen LogP contribution is -1.84. The maximum Gasteiger partial charge on any atom is 0.0713 e. The van der Waals surface area contributed by atoms with Crippen LogP contribution in [0, 0.1) is 0 Å². The van der Waals surface area contributed by atoms with Crippen LogP contribution in [0.15, 0.2) is 30.3 Å². The minimum atomic E-state index is -0.541. The van der Waals surface area contributed by atoms with Gasteiger partial charge in [0.15, 0.2) is 0 Å². The molecular weight excluding hydrogens is 112 g/mol. The average molecular weight is 123 g/mol. The van der Waals surface area contributed by atoms with E-state index < -0.39 is 6.58 Å². The Hall–Kier alpha value is -0.820. The van der Waals surface area contributed by atoms with Crippen molar-refractivity contribution in [3.05, 3.63) is 35.9 Å². The van der Waals surface area contributed by atoms with Gasteiger partial charge in [-0.1, -0.05) is 30.3 Å². The molecule has 9 heavy (non-hydrogen) atoms. The fourth-order valence-electron chi connectivity index (χ4n) is 0.668. The van der Waals surface area contributed by atoms with E-state index in [0.29, 0.717) is 0 Å². The van der Waals surface area contributed by atoms with Crippen LogP contribution in [0.25, 0.3) is 0 Å². The molecule has 0 fully saturated rings. The highest BCUT2D eigenvalue weighted by atomic mass is 16.5. The van der Waals surface area contributed by atoms with E-state index in [1.807, 2.05) is 30.3 Å². The molecule has 0 aromatic heterocycles. The molecule has 0 aliphatic carbocycles. The van der Waals surface area contributed by atoms with Crippen molar-refractivity contribution >= 4 is 0 Å². The Morgan fingerprint density at radius 1 is 1.44 bits per heavy atom. The van der Waals surface area contributed by atoms with Gasteiger partial charge in [-0.15, -0.1) is 0 Å². The molecule has 0 aliphatic heterocycles. The lowest BCUT2D eigenvalue weighted by atomic mass is 10.2. The predicted molar refractivity (Wildman–Crippen MR) is 37.2 cm³/mol. The van der Waals surface area contributed by atoms with Gasteiger partial charge in [0, 0.05) is 7.11 Å². The standard InChI is InChI=1S/C8H10O/c1-9-7-8-5-3-2-4-6-8/h2-6H,7H2,1H3/i7D/t7-/m1/s1. The molecule has 0 saturated carbocycles. The molecule has 0 unspecified atom stereocenters. The van der Waals surface area contributed by atoms with Crippen LogP contribution >= 0.6 is 0 Å². The van der Waals surface area contributed by atoms with Crippen LogP contribution in [-0.2, 0) is 11.3 Å². The van der Waals surface area contributed by atoms with Crippen molar-refractivity contribution < 1.29 is 6.11 Å². The fourth-order valence-corrected chi connectivity index (χ4v) is 0.668. The third-order valence-electron chi connectivity index (χ3n) is 1.05. The highest BCUT2D eigenvalue weighted by Gasteiger charge is 1.84. The quantitative estimate of drug-likeness (QED) is 0.583. The van der Waals surface area contributed by atoms with Crippen molar-refractivity contribution in [2.75, 3.05) is 7.11 Å². The van der Waals surface area contributed by atoms with Gasteiger partial charge in [-0.3, -0.25) is 0 Å². The van der Waals surface area contributed by atoms with Gasteiger partial charge in [-0.25, -0.2) is 0 Å². The van der Waals surface area contributed by atoms with Crippen LogP contribution in [-0.4, -0.2) is 7.11 Å². The molecule has 1 aromatic carbocycles. The summed E-state index contributed by atoms with van der Waals surface area (Å²) in [5.74, 6) is 0. The third kappa shape index (κ3) is 1.86. The minimum absolute atomic E-state index is 0.541. The Bertz CT molecular complexity index is 186. The van der Waals surface area contributed by atoms with E-state index in [1.165, 1.54) is 7.11 Å².